The van der Waals surface area contributed by atoms with Gasteiger partial charge in [-0.15, -0.1) is 0 Å². The fraction of sp³-hybridized carbons (Fsp3) is 0.300. The number of nitrogens with zero attached hydrogens (tertiary/aromatic N) is 3. The smallest absolute Gasteiger partial charge is 0.261 e. The largest absolute Gasteiger partial charge is 0.330 e. The van der Waals surface area contributed by atoms with Gasteiger partial charge in [0.05, 0.1) is 11.7 Å². The molecule has 0 bridgehead atoms. The van der Waals surface area contributed by atoms with Gasteiger partial charge in [0.1, 0.15) is 5.65 Å². The van der Waals surface area contributed by atoms with Crippen molar-refractivity contribution in [3.05, 3.63) is 117 Å². The molecule has 36 heavy (non-hydrogen) atoms. The van der Waals surface area contributed by atoms with E-state index in [9.17, 15) is 9.59 Å². The van der Waals surface area contributed by atoms with E-state index in [0.717, 1.165) is 17.5 Å². The van der Waals surface area contributed by atoms with E-state index in [1.54, 1.807) is 10.6 Å². The Kier molecular flexibility index (Phi) is 8.28. The van der Waals surface area contributed by atoms with E-state index in [0.29, 0.717) is 54.8 Å². The van der Waals surface area contributed by atoms with Gasteiger partial charge in [-0.25, -0.2) is 4.98 Å². The van der Waals surface area contributed by atoms with Crippen molar-refractivity contribution in [2.45, 2.75) is 45.6 Å². The minimum Gasteiger partial charge on any atom is -0.330 e. The molecule has 4 rings (SSSR count). The first-order valence-electron chi connectivity index (χ1n) is 12.6. The van der Waals surface area contributed by atoms with Crippen molar-refractivity contribution in [2.24, 2.45) is 5.73 Å². The van der Waals surface area contributed by atoms with E-state index in [-0.39, 0.29) is 17.5 Å². The number of rotatable bonds is 10. The Morgan fingerprint density at radius 3 is 2.44 bits per heavy atom. The molecule has 2 N–H and O–H groups in total. The van der Waals surface area contributed by atoms with Crippen LogP contribution in [-0.4, -0.2) is 33.3 Å². The number of hydrogen-bond acceptors (Lipinski definition) is 4. The molecule has 1 unspecified atom stereocenters. The van der Waals surface area contributed by atoms with Crippen LogP contribution in [-0.2, 0) is 6.42 Å². The molecular weight excluding hydrogens is 448 g/mol. The van der Waals surface area contributed by atoms with Gasteiger partial charge >= 0.3 is 0 Å². The number of nitrogens with two attached hydrogens (primary N) is 1. The molecule has 186 valence electrons. The molecule has 0 aliphatic heterocycles. The summed E-state index contributed by atoms with van der Waals surface area (Å²) in [5.41, 5.74) is 10.4. The Labute approximate surface area is 212 Å². The maximum Gasteiger partial charge on any atom is 0.261 e. The second kappa shape index (κ2) is 11.8. The number of amides is 1. The second-order valence-corrected chi connectivity index (χ2v) is 9.18. The predicted molar refractivity (Wildman–Crippen MR) is 144 cm³/mol. The van der Waals surface area contributed by atoms with Gasteiger partial charge in [-0.3, -0.25) is 14.0 Å². The molecular formula is C30H34N4O2. The molecule has 0 spiro atoms. The average Bonchev–Trinajstić information content (AvgIpc) is 2.90. The van der Waals surface area contributed by atoms with Crippen LogP contribution >= 0.6 is 0 Å². The van der Waals surface area contributed by atoms with Crippen molar-refractivity contribution >= 4 is 11.6 Å². The summed E-state index contributed by atoms with van der Waals surface area (Å²) in [6.45, 7) is 5.06. The molecule has 0 fully saturated rings. The summed E-state index contributed by atoms with van der Waals surface area (Å²) in [7, 11) is 0. The molecule has 1 amide bonds. The van der Waals surface area contributed by atoms with Crippen molar-refractivity contribution in [3.8, 4) is 0 Å². The van der Waals surface area contributed by atoms with Crippen LogP contribution in [0.25, 0.3) is 5.65 Å². The van der Waals surface area contributed by atoms with Crippen molar-refractivity contribution in [3.63, 3.8) is 0 Å². The molecule has 6 heteroatoms. The number of aryl methyl sites for hydroxylation is 1. The lowest BCUT2D eigenvalue weighted by atomic mass is 9.96. The standard InChI is InChI=1S/C30H34N4O2/c1-3-10-26(33(20-9-18-31)29(35)24-16-14-22(2)15-17-24)28-25(21-23-11-5-4-6-12-23)30(36)34-19-8-7-13-27(34)32-28/h4-8,11-17,19,26H,3,9-10,18,20-21,31H2,1-2H3. The number of carbonyl (C=O) groups is 1. The lowest BCUT2D eigenvalue weighted by Crippen LogP contribution is -2.39. The van der Waals surface area contributed by atoms with Crippen molar-refractivity contribution < 1.29 is 4.79 Å². The van der Waals surface area contributed by atoms with Crippen LogP contribution in [0.2, 0.25) is 0 Å². The van der Waals surface area contributed by atoms with Crippen molar-refractivity contribution in [1.82, 2.24) is 14.3 Å². The van der Waals surface area contributed by atoms with Gasteiger partial charge in [-0.1, -0.05) is 67.4 Å². The van der Waals surface area contributed by atoms with E-state index < -0.39 is 0 Å². The number of aromatic nitrogens is 2. The third-order valence-corrected chi connectivity index (χ3v) is 6.50. The van der Waals surface area contributed by atoms with Crippen LogP contribution in [0.1, 0.15) is 65.0 Å². The minimum absolute atomic E-state index is 0.0670. The van der Waals surface area contributed by atoms with E-state index >= 15 is 0 Å². The van der Waals surface area contributed by atoms with E-state index in [4.69, 9.17) is 10.7 Å². The molecule has 6 nitrogen and oxygen atoms in total. The highest BCUT2D eigenvalue weighted by Gasteiger charge is 2.30. The monoisotopic (exact) mass is 482 g/mol. The normalized spacial score (nSPS) is 12.0. The molecule has 0 saturated heterocycles. The lowest BCUT2D eigenvalue weighted by molar-refractivity contribution is 0.0658. The Balaban J connectivity index is 1.88. The molecule has 0 radical (unpaired) electrons. The topological polar surface area (TPSA) is 80.7 Å². The number of fused-ring (bicyclic) bond motifs is 1. The number of hydrogen-bond donors (Lipinski definition) is 1. The molecule has 2 aromatic heterocycles. The van der Waals surface area contributed by atoms with Gasteiger partial charge in [0.15, 0.2) is 0 Å². The lowest BCUT2D eigenvalue weighted by Gasteiger charge is -2.33. The summed E-state index contributed by atoms with van der Waals surface area (Å²) in [6.07, 6.45) is 4.40. The average molecular weight is 483 g/mol. The Morgan fingerprint density at radius 2 is 1.75 bits per heavy atom. The van der Waals surface area contributed by atoms with Crippen LogP contribution < -0.4 is 11.3 Å². The van der Waals surface area contributed by atoms with Gasteiger partial charge in [0.2, 0.25) is 0 Å². The van der Waals surface area contributed by atoms with Crippen molar-refractivity contribution in [2.75, 3.05) is 13.1 Å². The highest BCUT2D eigenvalue weighted by molar-refractivity contribution is 5.94. The third kappa shape index (κ3) is 5.55. The Morgan fingerprint density at radius 1 is 1.03 bits per heavy atom. The number of pyridine rings is 1. The second-order valence-electron chi connectivity index (χ2n) is 9.18. The van der Waals surface area contributed by atoms with E-state index in [2.05, 4.69) is 6.92 Å². The zero-order valence-electron chi connectivity index (χ0n) is 21.1. The SMILES string of the molecule is CCCC(c1nc2ccccn2c(=O)c1Cc1ccccc1)N(CCCN)C(=O)c1ccc(C)cc1. The predicted octanol–water partition coefficient (Wildman–Crippen LogP) is 4.93. The number of benzene rings is 2. The highest BCUT2D eigenvalue weighted by Crippen LogP contribution is 2.29. The van der Waals surface area contributed by atoms with E-state index in [1.165, 1.54) is 0 Å². The summed E-state index contributed by atoms with van der Waals surface area (Å²) in [4.78, 5) is 34.5. The summed E-state index contributed by atoms with van der Waals surface area (Å²) in [5.74, 6) is -0.0670. The zero-order valence-corrected chi connectivity index (χ0v) is 21.1. The van der Waals surface area contributed by atoms with Gasteiger partial charge in [-0.05, 0) is 56.1 Å². The molecule has 0 aliphatic carbocycles. The van der Waals surface area contributed by atoms with Crippen LogP contribution in [0.3, 0.4) is 0 Å². The molecule has 0 saturated carbocycles. The fourth-order valence-corrected chi connectivity index (χ4v) is 4.62. The fourth-order valence-electron chi connectivity index (χ4n) is 4.62. The zero-order chi connectivity index (χ0) is 25.5. The summed E-state index contributed by atoms with van der Waals surface area (Å²) < 4.78 is 1.59. The molecule has 4 aromatic rings. The summed E-state index contributed by atoms with van der Waals surface area (Å²) in [5, 5.41) is 0. The first-order chi connectivity index (χ1) is 17.5. The quantitative estimate of drug-likeness (QED) is 0.348. The van der Waals surface area contributed by atoms with Gasteiger partial charge in [-0.2, -0.15) is 0 Å². The van der Waals surface area contributed by atoms with Crippen LogP contribution in [0.15, 0.2) is 83.8 Å². The van der Waals surface area contributed by atoms with Crippen LogP contribution in [0, 0.1) is 6.92 Å². The molecule has 2 aromatic carbocycles. The van der Waals surface area contributed by atoms with Gasteiger partial charge in [0, 0.05) is 30.3 Å². The van der Waals surface area contributed by atoms with Crippen LogP contribution in [0.4, 0.5) is 0 Å². The van der Waals surface area contributed by atoms with Crippen molar-refractivity contribution in [1.29, 1.82) is 0 Å². The first-order valence-corrected chi connectivity index (χ1v) is 12.6. The van der Waals surface area contributed by atoms with Gasteiger partial charge in [0.25, 0.3) is 11.5 Å². The Bertz CT molecular complexity index is 1360. The summed E-state index contributed by atoms with van der Waals surface area (Å²) >= 11 is 0. The van der Waals surface area contributed by atoms with E-state index in [1.807, 2.05) is 84.6 Å². The molecule has 0 aliphatic rings. The third-order valence-electron chi connectivity index (χ3n) is 6.50. The summed E-state index contributed by atoms with van der Waals surface area (Å²) in [6, 6.07) is 22.8. The first kappa shape index (κ1) is 25.3. The minimum atomic E-state index is -0.341. The van der Waals surface area contributed by atoms with Gasteiger partial charge < -0.3 is 10.6 Å². The molecule has 1 atom stereocenters. The maximum absolute atomic E-state index is 13.8. The molecule has 2 heterocycles. The maximum atomic E-state index is 13.8. The Hall–Kier alpha value is -3.77. The van der Waals surface area contributed by atoms with Crippen LogP contribution in [0.5, 0.6) is 0 Å². The number of carbonyl (C=O) groups excluding carboxylic acids is 1. The highest BCUT2D eigenvalue weighted by atomic mass is 16.2.